The molecule has 2 atom stereocenters. The Morgan fingerprint density at radius 2 is 1.96 bits per heavy atom. The predicted molar refractivity (Wildman–Crippen MR) is 94.0 cm³/mol. The molecule has 132 valence electrons. The molecule has 0 bridgehead atoms. The molecular formula is C19H30N4O. The third-order valence-corrected chi connectivity index (χ3v) is 6.23. The summed E-state index contributed by atoms with van der Waals surface area (Å²) >= 11 is 0. The van der Waals surface area contributed by atoms with E-state index in [0.717, 1.165) is 38.4 Å². The van der Waals surface area contributed by atoms with Crippen molar-refractivity contribution in [3.63, 3.8) is 0 Å². The van der Waals surface area contributed by atoms with Crippen molar-refractivity contribution in [2.45, 2.75) is 69.9 Å². The average Bonchev–Trinajstić information content (AvgIpc) is 3.32. The zero-order valence-corrected chi connectivity index (χ0v) is 14.6. The van der Waals surface area contributed by atoms with Gasteiger partial charge in [0.2, 0.25) is 0 Å². The van der Waals surface area contributed by atoms with Crippen LogP contribution in [0.1, 0.15) is 74.3 Å². The molecule has 0 radical (unpaired) electrons. The van der Waals surface area contributed by atoms with Crippen LogP contribution in [0.5, 0.6) is 0 Å². The van der Waals surface area contributed by atoms with Gasteiger partial charge in [-0.1, -0.05) is 19.3 Å². The molecule has 0 spiro atoms. The maximum Gasteiger partial charge on any atom is 0.274 e. The van der Waals surface area contributed by atoms with Gasteiger partial charge >= 0.3 is 0 Å². The maximum absolute atomic E-state index is 13.0. The Morgan fingerprint density at radius 1 is 1.08 bits per heavy atom. The molecule has 5 nitrogen and oxygen atoms in total. The molecule has 2 unspecified atom stereocenters. The van der Waals surface area contributed by atoms with Crippen LogP contribution >= 0.6 is 0 Å². The third kappa shape index (κ3) is 3.23. The minimum Gasteiger partial charge on any atom is -0.334 e. The van der Waals surface area contributed by atoms with E-state index < -0.39 is 0 Å². The van der Waals surface area contributed by atoms with Crippen LogP contribution in [0, 0.1) is 5.92 Å². The second-order valence-corrected chi connectivity index (χ2v) is 7.79. The fourth-order valence-electron chi connectivity index (χ4n) is 4.92. The van der Waals surface area contributed by atoms with Crippen LogP contribution in [0.15, 0.2) is 12.3 Å². The van der Waals surface area contributed by atoms with Crippen molar-refractivity contribution < 1.29 is 4.79 Å². The number of carbonyl (C=O) groups excluding carboxylic acids is 1. The Labute approximate surface area is 144 Å². The fourth-order valence-corrected chi connectivity index (χ4v) is 4.92. The Balaban J connectivity index is 1.45. The first-order valence-corrected chi connectivity index (χ1v) is 9.90. The highest BCUT2D eigenvalue weighted by atomic mass is 16.2. The van der Waals surface area contributed by atoms with Gasteiger partial charge in [-0.25, -0.2) is 0 Å². The van der Waals surface area contributed by atoms with Crippen LogP contribution in [0.4, 0.5) is 0 Å². The molecule has 3 fully saturated rings. The molecule has 4 rings (SSSR count). The van der Waals surface area contributed by atoms with Crippen molar-refractivity contribution in [1.29, 1.82) is 0 Å². The maximum atomic E-state index is 13.0. The molecule has 1 aromatic rings. The molecule has 0 aromatic carbocycles. The van der Waals surface area contributed by atoms with Gasteiger partial charge in [0.05, 0.1) is 6.04 Å². The molecule has 3 heterocycles. The summed E-state index contributed by atoms with van der Waals surface area (Å²) in [6, 6.07) is 2.78. The van der Waals surface area contributed by atoms with Gasteiger partial charge in [-0.2, -0.15) is 5.10 Å². The Bertz CT molecular complexity index is 557. The first-order chi connectivity index (χ1) is 11.8. The van der Waals surface area contributed by atoms with E-state index in [-0.39, 0.29) is 5.91 Å². The number of amides is 1. The van der Waals surface area contributed by atoms with Gasteiger partial charge in [-0.3, -0.25) is 9.48 Å². The summed E-state index contributed by atoms with van der Waals surface area (Å²) in [7, 11) is 0. The number of aromatic nitrogens is 2. The van der Waals surface area contributed by atoms with E-state index >= 15 is 0 Å². The number of piperidine rings is 1. The largest absolute Gasteiger partial charge is 0.334 e. The topological polar surface area (TPSA) is 50.2 Å². The molecule has 1 saturated carbocycles. The second-order valence-electron chi connectivity index (χ2n) is 7.79. The van der Waals surface area contributed by atoms with Crippen LogP contribution in [-0.2, 0) is 0 Å². The highest BCUT2D eigenvalue weighted by molar-refractivity contribution is 5.92. The van der Waals surface area contributed by atoms with E-state index in [0.29, 0.717) is 17.8 Å². The van der Waals surface area contributed by atoms with E-state index in [9.17, 15) is 4.79 Å². The van der Waals surface area contributed by atoms with Gasteiger partial charge < -0.3 is 10.2 Å². The second kappa shape index (κ2) is 7.26. The lowest BCUT2D eigenvalue weighted by Crippen LogP contribution is -2.41. The fraction of sp³-hybridized carbons (Fsp3) is 0.789. The molecule has 1 amide bonds. The molecular weight excluding hydrogens is 300 g/mol. The molecule has 1 aromatic heterocycles. The highest BCUT2D eigenvalue weighted by Gasteiger charge is 2.36. The summed E-state index contributed by atoms with van der Waals surface area (Å²) in [6.07, 6.45) is 13.3. The quantitative estimate of drug-likeness (QED) is 0.927. The average molecular weight is 330 g/mol. The molecule has 1 N–H and O–H groups in total. The number of rotatable bonds is 3. The standard InChI is InChI=1S/C19H30N4O/c24-19(17-10-13-23(21-17)16-8-4-11-20-14-16)22-12-5-9-18(22)15-6-2-1-3-7-15/h10,13,15-16,18,20H,1-9,11-12,14H2. The molecule has 24 heavy (non-hydrogen) atoms. The van der Waals surface area contributed by atoms with Crippen molar-refractivity contribution in [3.8, 4) is 0 Å². The van der Waals surface area contributed by atoms with Crippen molar-refractivity contribution in [3.05, 3.63) is 18.0 Å². The number of hydrogen-bond acceptors (Lipinski definition) is 3. The Morgan fingerprint density at radius 3 is 2.75 bits per heavy atom. The minimum absolute atomic E-state index is 0.158. The normalized spacial score (nSPS) is 29.1. The molecule has 3 aliphatic rings. The first kappa shape index (κ1) is 16.1. The summed E-state index contributed by atoms with van der Waals surface area (Å²) in [5, 5.41) is 8.06. The lowest BCUT2D eigenvalue weighted by Gasteiger charge is -2.33. The molecule has 2 saturated heterocycles. The lowest BCUT2D eigenvalue weighted by molar-refractivity contribution is 0.0654. The predicted octanol–water partition coefficient (Wildman–Crippen LogP) is 2.99. The summed E-state index contributed by atoms with van der Waals surface area (Å²) in [5.41, 5.74) is 0.642. The van der Waals surface area contributed by atoms with Crippen LogP contribution < -0.4 is 5.32 Å². The first-order valence-electron chi connectivity index (χ1n) is 9.90. The zero-order valence-electron chi connectivity index (χ0n) is 14.6. The van der Waals surface area contributed by atoms with E-state index in [1.165, 1.54) is 44.9 Å². The highest BCUT2D eigenvalue weighted by Crippen LogP contribution is 2.34. The summed E-state index contributed by atoms with van der Waals surface area (Å²) in [4.78, 5) is 15.2. The Hall–Kier alpha value is -1.36. The van der Waals surface area contributed by atoms with Crippen molar-refractivity contribution in [1.82, 2.24) is 20.0 Å². The number of nitrogens with zero attached hydrogens (tertiary/aromatic N) is 3. The van der Waals surface area contributed by atoms with Gasteiger partial charge in [-0.05, 0) is 57.1 Å². The lowest BCUT2D eigenvalue weighted by atomic mass is 9.83. The SMILES string of the molecule is O=C(c1ccn(C2CCCNC2)n1)N1CCCC1C1CCCCC1. The minimum atomic E-state index is 0.158. The van der Waals surface area contributed by atoms with Gasteiger partial charge in [-0.15, -0.1) is 0 Å². The van der Waals surface area contributed by atoms with Crippen LogP contribution in [0.3, 0.4) is 0 Å². The van der Waals surface area contributed by atoms with Crippen molar-refractivity contribution in [2.24, 2.45) is 5.92 Å². The Kier molecular flexibility index (Phi) is 4.88. The molecule has 2 aliphatic heterocycles. The van der Waals surface area contributed by atoms with Crippen LogP contribution in [0.25, 0.3) is 0 Å². The third-order valence-electron chi connectivity index (χ3n) is 6.23. The van der Waals surface area contributed by atoms with Crippen molar-refractivity contribution in [2.75, 3.05) is 19.6 Å². The molecule has 1 aliphatic carbocycles. The van der Waals surface area contributed by atoms with Crippen molar-refractivity contribution >= 4 is 5.91 Å². The number of carbonyl (C=O) groups is 1. The van der Waals surface area contributed by atoms with E-state index in [4.69, 9.17) is 0 Å². The number of hydrogen-bond donors (Lipinski definition) is 1. The summed E-state index contributed by atoms with van der Waals surface area (Å²) in [5.74, 6) is 0.875. The van der Waals surface area contributed by atoms with E-state index in [1.54, 1.807) is 0 Å². The summed E-state index contributed by atoms with van der Waals surface area (Å²) < 4.78 is 2.01. The zero-order chi connectivity index (χ0) is 16.4. The number of likely N-dealkylation sites (tertiary alicyclic amines) is 1. The monoisotopic (exact) mass is 330 g/mol. The van der Waals surface area contributed by atoms with Gasteiger partial charge in [0, 0.05) is 25.3 Å². The van der Waals surface area contributed by atoms with Gasteiger partial charge in [0.1, 0.15) is 5.69 Å². The van der Waals surface area contributed by atoms with Crippen LogP contribution in [0.2, 0.25) is 0 Å². The summed E-state index contributed by atoms with van der Waals surface area (Å²) in [6.45, 7) is 2.97. The van der Waals surface area contributed by atoms with Gasteiger partial charge in [0.15, 0.2) is 0 Å². The number of nitrogens with one attached hydrogen (secondary N) is 1. The van der Waals surface area contributed by atoms with Crippen LogP contribution in [-0.4, -0.2) is 46.3 Å². The molecule has 5 heteroatoms. The van der Waals surface area contributed by atoms with E-state index in [1.807, 2.05) is 16.9 Å². The van der Waals surface area contributed by atoms with E-state index in [2.05, 4.69) is 15.3 Å². The van der Waals surface area contributed by atoms with Gasteiger partial charge in [0.25, 0.3) is 5.91 Å². The smallest absolute Gasteiger partial charge is 0.274 e.